The molecule has 0 saturated carbocycles. The van der Waals surface area contributed by atoms with E-state index in [-0.39, 0.29) is 5.91 Å². The van der Waals surface area contributed by atoms with Crippen LogP contribution in [0.4, 0.5) is 5.82 Å². The molecule has 0 spiro atoms. The average Bonchev–Trinajstić information content (AvgIpc) is 3.34. The number of nitrogens with one attached hydrogen (secondary N) is 2. The van der Waals surface area contributed by atoms with Crippen LogP contribution in [0.3, 0.4) is 0 Å². The van der Waals surface area contributed by atoms with Crippen molar-refractivity contribution < 1.29 is 4.79 Å². The van der Waals surface area contributed by atoms with Gasteiger partial charge < -0.3 is 15.2 Å². The monoisotopic (exact) mass is 391 g/mol. The molecule has 8 heteroatoms. The first-order valence-electron chi connectivity index (χ1n) is 10.2. The Morgan fingerprint density at radius 1 is 1.21 bits per heavy atom. The number of aromatic nitrogens is 4. The zero-order valence-corrected chi connectivity index (χ0v) is 16.6. The van der Waals surface area contributed by atoms with Crippen LogP contribution in [0.2, 0.25) is 0 Å². The fourth-order valence-electron chi connectivity index (χ4n) is 4.26. The van der Waals surface area contributed by atoms with Gasteiger partial charge in [0.05, 0.1) is 36.7 Å². The Bertz CT molecular complexity index is 1060. The third-order valence-electron chi connectivity index (χ3n) is 5.90. The normalized spacial score (nSPS) is 19.4. The number of amides is 1. The van der Waals surface area contributed by atoms with Crippen LogP contribution in [0.25, 0.3) is 22.2 Å². The second-order valence-electron chi connectivity index (χ2n) is 7.88. The van der Waals surface area contributed by atoms with Crippen LogP contribution >= 0.6 is 0 Å². The number of hydrogen-bond donors (Lipinski definition) is 2. The van der Waals surface area contributed by atoms with E-state index in [0.29, 0.717) is 18.4 Å². The van der Waals surface area contributed by atoms with Gasteiger partial charge in [0.1, 0.15) is 11.6 Å². The summed E-state index contributed by atoms with van der Waals surface area (Å²) >= 11 is 0. The topological polar surface area (TPSA) is 88.0 Å². The number of hydrogen-bond acceptors (Lipinski definition) is 6. The van der Waals surface area contributed by atoms with Crippen LogP contribution < -0.4 is 10.6 Å². The molecule has 2 N–H and O–H groups in total. The number of pyridine rings is 2. The van der Waals surface area contributed by atoms with Crippen molar-refractivity contribution in [2.75, 3.05) is 25.0 Å². The molecule has 5 rings (SSSR count). The summed E-state index contributed by atoms with van der Waals surface area (Å²) < 4.78 is 2.24. The molecule has 3 aromatic rings. The van der Waals surface area contributed by atoms with Gasteiger partial charge in [0.2, 0.25) is 5.91 Å². The molecule has 8 nitrogen and oxygen atoms in total. The van der Waals surface area contributed by atoms with Crippen molar-refractivity contribution in [3.05, 3.63) is 36.5 Å². The fraction of sp³-hybridized carbons (Fsp3) is 0.429. The minimum atomic E-state index is -0.0212. The summed E-state index contributed by atoms with van der Waals surface area (Å²) in [6.07, 6.45) is 7.80. The molecule has 0 bridgehead atoms. The van der Waals surface area contributed by atoms with Crippen molar-refractivity contribution in [3.63, 3.8) is 0 Å². The largest absolute Gasteiger partial charge is 0.326 e. The van der Waals surface area contributed by atoms with Crippen LogP contribution in [0.15, 0.2) is 30.7 Å². The van der Waals surface area contributed by atoms with E-state index in [1.165, 1.54) is 0 Å². The lowest BCUT2D eigenvalue weighted by molar-refractivity contribution is -0.117. The number of carbonyl (C=O) groups excluding carboxylic acids is 1. The predicted octanol–water partition coefficient (Wildman–Crippen LogP) is 2.02. The third kappa shape index (κ3) is 3.61. The highest BCUT2D eigenvalue weighted by Crippen LogP contribution is 2.25. The standard InChI is InChI=1S/C21H25N7O/c1-14-3-2-5-27(14)13-21(29)26-19-8-15-7-16(9-23-17(15)10-24-19)18-11-25-20-12-22-4-6-28(18)20/h7-11,14,22H,2-6,12-13H2,1H3,(H,24,26,29)/t14-/m1/s1. The van der Waals surface area contributed by atoms with Gasteiger partial charge in [0.25, 0.3) is 0 Å². The highest BCUT2D eigenvalue weighted by atomic mass is 16.2. The van der Waals surface area contributed by atoms with Crippen LogP contribution in [0.1, 0.15) is 25.6 Å². The smallest absolute Gasteiger partial charge is 0.239 e. The molecule has 150 valence electrons. The minimum Gasteiger partial charge on any atom is -0.326 e. The first-order chi connectivity index (χ1) is 14.2. The fourth-order valence-corrected chi connectivity index (χ4v) is 4.26. The molecule has 5 heterocycles. The van der Waals surface area contributed by atoms with Crippen molar-refractivity contribution in [3.8, 4) is 11.3 Å². The molecule has 1 fully saturated rings. The van der Waals surface area contributed by atoms with Gasteiger partial charge in [0.15, 0.2) is 0 Å². The Hall–Kier alpha value is -2.84. The van der Waals surface area contributed by atoms with E-state index >= 15 is 0 Å². The molecule has 0 unspecified atom stereocenters. The number of fused-ring (bicyclic) bond motifs is 2. The van der Waals surface area contributed by atoms with E-state index in [1.54, 1.807) is 6.20 Å². The highest BCUT2D eigenvalue weighted by Gasteiger charge is 2.22. The summed E-state index contributed by atoms with van der Waals surface area (Å²) in [5.74, 6) is 1.59. The van der Waals surface area contributed by atoms with Crippen LogP contribution in [-0.4, -0.2) is 56.0 Å². The van der Waals surface area contributed by atoms with Gasteiger partial charge in [-0.05, 0) is 38.4 Å². The summed E-state index contributed by atoms with van der Waals surface area (Å²) in [5.41, 5.74) is 2.90. The SMILES string of the molecule is C[C@@H]1CCCN1CC(=O)Nc1cc2cc(-c3cnc4n3CCNC4)cnc2cn1. The molecule has 29 heavy (non-hydrogen) atoms. The van der Waals surface area contributed by atoms with Crippen LogP contribution in [0.5, 0.6) is 0 Å². The van der Waals surface area contributed by atoms with Gasteiger partial charge in [0, 0.05) is 36.3 Å². The lowest BCUT2D eigenvalue weighted by Crippen LogP contribution is -2.35. The van der Waals surface area contributed by atoms with Crippen molar-refractivity contribution in [1.29, 1.82) is 0 Å². The lowest BCUT2D eigenvalue weighted by Gasteiger charge is -2.20. The molecule has 2 aliphatic heterocycles. The number of likely N-dealkylation sites (tertiary alicyclic amines) is 1. The van der Waals surface area contributed by atoms with E-state index in [9.17, 15) is 4.79 Å². The molecule has 1 atom stereocenters. The van der Waals surface area contributed by atoms with E-state index in [1.807, 2.05) is 18.5 Å². The van der Waals surface area contributed by atoms with Crippen molar-refractivity contribution >= 4 is 22.6 Å². The molecule has 3 aromatic heterocycles. The molecular formula is C21H25N7O. The van der Waals surface area contributed by atoms with Crippen molar-refractivity contribution in [1.82, 2.24) is 29.7 Å². The van der Waals surface area contributed by atoms with Crippen molar-refractivity contribution in [2.24, 2.45) is 0 Å². The summed E-state index contributed by atoms with van der Waals surface area (Å²) in [5, 5.41) is 7.23. The zero-order chi connectivity index (χ0) is 19.8. The van der Waals surface area contributed by atoms with E-state index in [0.717, 1.165) is 67.0 Å². The first kappa shape index (κ1) is 18.2. The maximum atomic E-state index is 12.4. The molecule has 0 radical (unpaired) electrons. The first-order valence-corrected chi connectivity index (χ1v) is 10.2. The molecule has 0 aliphatic carbocycles. The van der Waals surface area contributed by atoms with Gasteiger partial charge >= 0.3 is 0 Å². The van der Waals surface area contributed by atoms with Crippen molar-refractivity contribution in [2.45, 2.75) is 38.9 Å². The minimum absolute atomic E-state index is 0.0212. The molecule has 0 aromatic carbocycles. The summed E-state index contributed by atoms with van der Waals surface area (Å²) in [6, 6.07) is 4.45. The Morgan fingerprint density at radius 2 is 2.14 bits per heavy atom. The van der Waals surface area contributed by atoms with Gasteiger partial charge in [-0.15, -0.1) is 0 Å². The quantitative estimate of drug-likeness (QED) is 0.708. The van der Waals surface area contributed by atoms with Crippen LogP contribution in [0, 0.1) is 0 Å². The maximum absolute atomic E-state index is 12.4. The number of imidazole rings is 1. The molecular weight excluding hydrogens is 366 g/mol. The van der Waals surface area contributed by atoms with Gasteiger partial charge in [-0.25, -0.2) is 9.97 Å². The Morgan fingerprint density at radius 3 is 3.00 bits per heavy atom. The third-order valence-corrected chi connectivity index (χ3v) is 5.90. The number of rotatable bonds is 4. The van der Waals surface area contributed by atoms with E-state index in [2.05, 4.69) is 48.0 Å². The Balaban J connectivity index is 1.38. The predicted molar refractivity (Wildman–Crippen MR) is 111 cm³/mol. The number of anilines is 1. The summed E-state index contributed by atoms with van der Waals surface area (Å²) in [7, 11) is 0. The second kappa shape index (κ2) is 7.53. The second-order valence-corrected chi connectivity index (χ2v) is 7.88. The highest BCUT2D eigenvalue weighted by molar-refractivity contribution is 5.93. The molecule has 2 aliphatic rings. The Labute approximate surface area is 169 Å². The average molecular weight is 391 g/mol. The maximum Gasteiger partial charge on any atom is 0.239 e. The molecule has 1 amide bonds. The lowest BCUT2D eigenvalue weighted by atomic mass is 10.1. The summed E-state index contributed by atoms with van der Waals surface area (Å²) in [6.45, 7) is 6.19. The van der Waals surface area contributed by atoms with Gasteiger partial charge in [-0.3, -0.25) is 14.7 Å². The zero-order valence-electron chi connectivity index (χ0n) is 16.6. The summed E-state index contributed by atoms with van der Waals surface area (Å²) in [4.78, 5) is 28.1. The number of nitrogens with zero attached hydrogens (tertiary/aromatic N) is 5. The number of carbonyl (C=O) groups is 1. The van der Waals surface area contributed by atoms with E-state index < -0.39 is 0 Å². The Kier molecular flexibility index (Phi) is 4.73. The van der Waals surface area contributed by atoms with Crippen LogP contribution in [-0.2, 0) is 17.9 Å². The van der Waals surface area contributed by atoms with Gasteiger partial charge in [-0.1, -0.05) is 0 Å². The van der Waals surface area contributed by atoms with E-state index in [4.69, 9.17) is 0 Å². The molecule has 1 saturated heterocycles. The van der Waals surface area contributed by atoms with Gasteiger partial charge in [-0.2, -0.15) is 0 Å².